The third-order valence-corrected chi connectivity index (χ3v) is 4.06. The van der Waals surface area contributed by atoms with Gasteiger partial charge in [-0.05, 0) is 44.8 Å². The Morgan fingerprint density at radius 3 is 2.33 bits per heavy atom. The van der Waals surface area contributed by atoms with E-state index in [9.17, 15) is 10.2 Å². The third-order valence-electron chi connectivity index (χ3n) is 4.06. The fourth-order valence-electron chi connectivity index (χ4n) is 2.65. The van der Waals surface area contributed by atoms with Crippen LogP contribution in [0.2, 0.25) is 0 Å². The van der Waals surface area contributed by atoms with Crippen molar-refractivity contribution in [1.29, 1.82) is 0 Å². The lowest BCUT2D eigenvalue weighted by molar-refractivity contribution is -0.188. The molecule has 1 aliphatic carbocycles. The first-order chi connectivity index (χ1) is 8.16. The lowest BCUT2D eigenvalue weighted by atomic mass is 9.59. The Morgan fingerprint density at radius 1 is 1.22 bits per heavy atom. The Hall–Kier alpha value is -0.820. The van der Waals surface area contributed by atoms with E-state index in [2.05, 4.69) is 11.8 Å². The maximum absolute atomic E-state index is 10.8. The molecule has 102 valence electrons. The summed E-state index contributed by atoms with van der Waals surface area (Å²) in [6.07, 6.45) is 3.85. The molecule has 2 unspecified atom stereocenters. The molecule has 0 spiro atoms. The van der Waals surface area contributed by atoms with Crippen LogP contribution in [0, 0.1) is 17.3 Å². The summed E-state index contributed by atoms with van der Waals surface area (Å²) in [5.74, 6) is 5.69. The van der Waals surface area contributed by atoms with E-state index in [-0.39, 0.29) is 6.61 Å². The number of hydrogen-bond acceptors (Lipinski definition) is 3. The van der Waals surface area contributed by atoms with Crippen molar-refractivity contribution in [2.75, 3.05) is 6.61 Å². The van der Waals surface area contributed by atoms with Crippen molar-refractivity contribution in [3.8, 4) is 11.8 Å². The second kappa shape index (κ2) is 5.05. The van der Waals surface area contributed by atoms with Gasteiger partial charge in [-0.15, -0.1) is 0 Å². The summed E-state index contributed by atoms with van der Waals surface area (Å²) < 4.78 is 0. The molecule has 1 rings (SSSR count). The lowest BCUT2D eigenvalue weighted by Gasteiger charge is -2.51. The van der Waals surface area contributed by atoms with Gasteiger partial charge in [0.1, 0.15) is 5.60 Å². The summed E-state index contributed by atoms with van der Waals surface area (Å²) in [6, 6.07) is 0. The minimum absolute atomic E-state index is 0.0707. The largest absolute Gasteiger partial charge is 0.392 e. The van der Waals surface area contributed by atoms with Crippen LogP contribution in [0.3, 0.4) is 0 Å². The Balaban J connectivity index is 3.16. The Morgan fingerprint density at radius 2 is 1.83 bits per heavy atom. The number of aliphatic hydroxyl groups excluding tert-OH is 1. The molecular weight excluding hydrogens is 228 g/mol. The minimum atomic E-state index is -1.43. The molecule has 18 heavy (non-hydrogen) atoms. The van der Waals surface area contributed by atoms with Crippen LogP contribution in [-0.4, -0.2) is 33.1 Å². The van der Waals surface area contributed by atoms with Crippen molar-refractivity contribution >= 4 is 0 Å². The fourth-order valence-corrected chi connectivity index (χ4v) is 2.65. The van der Waals surface area contributed by atoms with Gasteiger partial charge in [-0.1, -0.05) is 25.7 Å². The molecule has 0 aliphatic heterocycles. The van der Waals surface area contributed by atoms with Gasteiger partial charge in [0, 0.05) is 5.41 Å². The Kier molecular flexibility index (Phi) is 4.27. The SMILES string of the molecule is CC(C#CC1(O)C(C)(C)CCCC1(C)O)=CCO. The minimum Gasteiger partial charge on any atom is -0.392 e. The molecule has 0 aromatic heterocycles. The molecule has 0 aromatic carbocycles. The average Bonchev–Trinajstić information content (AvgIpc) is 2.23. The van der Waals surface area contributed by atoms with E-state index in [1.807, 2.05) is 13.8 Å². The van der Waals surface area contributed by atoms with Gasteiger partial charge < -0.3 is 15.3 Å². The molecule has 3 N–H and O–H groups in total. The van der Waals surface area contributed by atoms with E-state index in [0.717, 1.165) is 12.8 Å². The summed E-state index contributed by atoms with van der Waals surface area (Å²) in [5, 5.41) is 30.1. The summed E-state index contributed by atoms with van der Waals surface area (Å²) in [7, 11) is 0. The quantitative estimate of drug-likeness (QED) is 0.621. The van der Waals surface area contributed by atoms with E-state index < -0.39 is 16.6 Å². The van der Waals surface area contributed by atoms with Gasteiger partial charge >= 0.3 is 0 Å². The van der Waals surface area contributed by atoms with Crippen LogP contribution >= 0.6 is 0 Å². The van der Waals surface area contributed by atoms with E-state index in [1.165, 1.54) is 0 Å². The van der Waals surface area contributed by atoms with Crippen LogP contribution < -0.4 is 0 Å². The normalized spacial score (nSPS) is 35.8. The first kappa shape index (κ1) is 15.2. The van der Waals surface area contributed by atoms with Crippen molar-refractivity contribution < 1.29 is 15.3 Å². The predicted octanol–water partition coefficient (Wildman–Crippen LogP) is 1.62. The summed E-state index contributed by atoms with van der Waals surface area (Å²) in [5.41, 5.74) is -2.39. The van der Waals surface area contributed by atoms with Gasteiger partial charge in [-0.2, -0.15) is 0 Å². The molecular formula is C15H24O3. The molecule has 0 heterocycles. The zero-order chi connectivity index (χ0) is 14.0. The van der Waals surface area contributed by atoms with Crippen molar-refractivity contribution in [3.05, 3.63) is 11.6 Å². The summed E-state index contributed by atoms with van der Waals surface area (Å²) in [4.78, 5) is 0. The van der Waals surface area contributed by atoms with Crippen LogP contribution in [0.1, 0.15) is 47.0 Å². The van der Waals surface area contributed by atoms with E-state index in [4.69, 9.17) is 5.11 Å². The van der Waals surface area contributed by atoms with Crippen LogP contribution in [0.25, 0.3) is 0 Å². The number of allylic oxidation sites excluding steroid dienone is 1. The standard InChI is InChI=1S/C15H24O3/c1-12(7-11-16)6-10-15(18)13(2,3)8-5-9-14(15,4)17/h7,16-18H,5,8-9,11H2,1-4H3. The molecule has 0 saturated heterocycles. The van der Waals surface area contributed by atoms with Crippen LogP contribution in [0.15, 0.2) is 11.6 Å². The van der Waals surface area contributed by atoms with Crippen molar-refractivity contribution in [2.45, 2.75) is 58.2 Å². The molecule has 1 saturated carbocycles. The van der Waals surface area contributed by atoms with Crippen LogP contribution in [0.5, 0.6) is 0 Å². The maximum atomic E-state index is 10.8. The smallest absolute Gasteiger partial charge is 0.158 e. The highest BCUT2D eigenvalue weighted by Crippen LogP contribution is 2.48. The molecule has 3 heteroatoms. The summed E-state index contributed by atoms with van der Waals surface area (Å²) >= 11 is 0. The van der Waals surface area contributed by atoms with Gasteiger partial charge in [-0.3, -0.25) is 0 Å². The highest BCUT2D eigenvalue weighted by Gasteiger charge is 2.57. The van der Waals surface area contributed by atoms with Gasteiger partial charge in [0.25, 0.3) is 0 Å². The monoisotopic (exact) mass is 252 g/mol. The zero-order valence-corrected chi connectivity index (χ0v) is 11.7. The molecule has 0 radical (unpaired) electrons. The molecule has 0 bridgehead atoms. The van der Waals surface area contributed by atoms with Crippen molar-refractivity contribution in [3.63, 3.8) is 0 Å². The third kappa shape index (κ3) is 2.61. The lowest BCUT2D eigenvalue weighted by Crippen LogP contribution is -2.62. The molecule has 1 fully saturated rings. The van der Waals surface area contributed by atoms with Gasteiger partial charge in [0.2, 0.25) is 0 Å². The second-order valence-corrected chi connectivity index (χ2v) is 6.04. The maximum Gasteiger partial charge on any atom is 0.158 e. The van der Waals surface area contributed by atoms with Crippen LogP contribution in [0.4, 0.5) is 0 Å². The molecule has 0 aromatic rings. The van der Waals surface area contributed by atoms with Gasteiger partial charge in [-0.25, -0.2) is 0 Å². The van der Waals surface area contributed by atoms with Crippen LogP contribution in [-0.2, 0) is 0 Å². The van der Waals surface area contributed by atoms with E-state index in [0.29, 0.717) is 12.0 Å². The predicted molar refractivity (Wildman–Crippen MR) is 71.8 cm³/mol. The highest BCUT2D eigenvalue weighted by atomic mass is 16.4. The number of rotatable bonds is 1. The van der Waals surface area contributed by atoms with Crippen molar-refractivity contribution in [1.82, 2.24) is 0 Å². The van der Waals surface area contributed by atoms with Gasteiger partial charge in [0.15, 0.2) is 5.60 Å². The first-order valence-corrected chi connectivity index (χ1v) is 6.42. The fraction of sp³-hybridized carbons (Fsp3) is 0.733. The summed E-state index contributed by atoms with van der Waals surface area (Å²) in [6.45, 7) is 7.21. The Labute approximate surface area is 110 Å². The van der Waals surface area contributed by atoms with E-state index >= 15 is 0 Å². The Bertz CT molecular complexity index is 378. The zero-order valence-electron chi connectivity index (χ0n) is 11.7. The topological polar surface area (TPSA) is 60.7 Å². The van der Waals surface area contributed by atoms with Crippen molar-refractivity contribution in [2.24, 2.45) is 5.41 Å². The average molecular weight is 252 g/mol. The second-order valence-electron chi connectivity index (χ2n) is 6.04. The highest BCUT2D eigenvalue weighted by molar-refractivity contribution is 5.35. The van der Waals surface area contributed by atoms with Gasteiger partial charge in [0.05, 0.1) is 6.61 Å². The van der Waals surface area contributed by atoms with E-state index in [1.54, 1.807) is 19.9 Å². The molecule has 0 amide bonds. The number of hydrogen-bond donors (Lipinski definition) is 3. The molecule has 2 atom stereocenters. The molecule has 1 aliphatic rings. The number of aliphatic hydroxyl groups is 3. The molecule has 3 nitrogen and oxygen atoms in total. The first-order valence-electron chi connectivity index (χ1n) is 6.42.